The van der Waals surface area contributed by atoms with Crippen LogP contribution in [0.1, 0.15) is 18.2 Å². The second-order valence-corrected chi connectivity index (χ2v) is 3.15. The van der Waals surface area contributed by atoms with E-state index in [9.17, 15) is 20.3 Å². The highest BCUT2D eigenvalue weighted by Crippen LogP contribution is 2.24. The Bertz CT molecular complexity index is 439. The summed E-state index contributed by atoms with van der Waals surface area (Å²) in [5.41, 5.74) is 7.78. The van der Waals surface area contributed by atoms with Gasteiger partial charge in [-0.1, -0.05) is 5.11 Å². The molecule has 92 valence electrons. The van der Waals surface area contributed by atoms with Gasteiger partial charge >= 0.3 is 5.82 Å². The number of nitrogens with zero attached hydrogens (tertiary/aromatic N) is 5. The summed E-state index contributed by atoms with van der Waals surface area (Å²) in [6, 6.07) is 0. The molecule has 0 amide bonds. The van der Waals surface area contributed by atoms with Crippen LogP contribution < -0.4 is 0 Å². The van der Waals surface area contributed by atoms with Crippen LogP contribution in [0.3, 0.4) is 0 Å². The fourth-order valence-corrected chi connectivity index (χ4v) is 1.24. The minimum atomic E-state index is -1.50. The number of nitrogens with one attached hydrogen (secondary N) is 1. The molecule has 0 fully saturated rings. The smallest absolute Gasteiger partial charge is 0.346 e. The van der Waals surface area contributed by atoms with E-state index < -0.39 is 22.9 Å². The quantitative estimate of drug-likeness (QED) is 0.216. The molecule has 2 unspecified atom stereocenters. The zero-order valence-corrected chi connectivity index (χ0v) is 8.59. The Labute approximate surface area is 94.7 Å². The summed E-state index contributed by atoms with van der Waals surface area (Å²) in [5.74, 6) is -0.472. The van der Waals surface area contributed by atoms with Crippen LogP contribution in [0.15, 0.2) is 11.4 Å². The Morgan fingerprint density at radius 2 is 2.41 bits per heavy atom. The predicted octanol–water partition coefficient (Wildman–Crippen LogP) is 0.413. The number of H-pyrrole nitrogens is 1. The zero-order chi connectivity index (χ0) is 12.8. The summed E-state index contributed by atoms with van der Waals surface area (Å²) in [6.07, 6.45) is -1.76. The first-order chi connectivity index (χ1) is 8.07. The molecule has 0 aliphatic carbocycles. The number of azide groups is 1. The first kappa shape index (κ1) is 12.9. The summed E-state index contributed by atoms with van der Waals surface area (Å²) in [6.45, 7) is -0.0209. The molecule has 2 atom stereocenters. The fraction of sp³-hybridized carbons (Fsp3) is 0.571. The molecule has 0 radical (unpaired) electrons. The van der Waals surface area contributed by atoms with Crippen LogP contribution >= 0.6 is 0 Å². The summed E-state index contributed by atoms with van der Waals surface area (Å²) in [7, 11) is 0. The van der Waals surface area contributed by atoms with Crippen molar-refractivity contribution in [3.8, 4) is 0 Å². The van der Waals surface area contributed by atoms with Crippen molar-refractivity contribution in [1.82, 2.24) is 9.97 Å². The van der Waals surface area contributed by atoms with Crippen molar-refractivity contribution in [2.45, 2.75) is 18.6 Å². The molecule has 10 nitrogen and oxygen atoms in total. The Hall–Kier alpha value is -2.16. The number of hydrogen-bond acceptors (Lipinski definition) is 6. The molecule has 1 aromatic heterocycles. The van der Waals surface area contributed by atoms with Gasteiger partial charge in [-0.3, -0.25) is 0 Å². The lowest BCUT2D eigenvalue weighted by Gasteiger charge is -2.14. The largest absolute Gasteiger partial charge is 0.390 e. The number of imidazole rings is 1. The molecule has 1 aromatic rings. The number of aromatic amines is 1. The molecule has 3 N–H and O–H groups in total. The average Bonchev–Trinajstić information content (AvgIpc) is 2.77. The third-order valence-electron chi connectivity index (χ3n) is 2.06. The maximum Gasteiger partial charge on any atom is 0.346 e. The van der Waals surface area contributed by atoms with E-state index in [1.54, 1.807) is 0 Å². The topological polar surface area (TPSA) is 161 Å². The SMILES string of the molecule is [N-]=[N+]=NCCC(O)C(O)c1nc[nH]c1[N+](=O)[O-]. The van der Waals surface area contributed by atoms with Gasteiger partial charge in [0.1, 0.15) is 6.10 Å². The molecule has 0 spiro atoms. The van der Waals surface area contributed by atoms with E-state index in [4.69, 9.17) is 5.53 Å². The minimum Gasteiger partial charge on any atom is -0.390 e. The average molecular weight is 242 g/mol. The monoisotopic (exact) mass is 242 g/mol. The first-order valence-electron chi connectivity index (χ1n) is 4.62. The Morgan fingerprint density at radius 3 is 3.00 bits per heavy atom. The van der Waals surface area contributed by atoms with Crippen molar-refractivity contribution >= 4 is 5.82 Å². The van der Waals surface area contributed by atoms with Crippen LogP contribution in [0.25, 0.3) is 10.4 Å². The zero-order valence-electron chi connectivity index (χ0n) is 8.59. The van der Waals surface area contributed by atoms with Crippen LogP contribution in [-0.4, -0.2) is 37.8 Å². The van der Waals surface area contributed by atoms with E-state index in [2.05, 4.69) is 20.0 Å². The summed E-state index contributed by atoms with van der Waals surface area (Å²) in [5, 5.41) is 32.9. The van der Waals surface area contributed by atoms with Gasteiger partial charge in [-0.2, -0.15) is 0 Å². The molecule has 0 bridgehead atoms. The lowest BCUT2D eigenvalue weighted by molar-refractivity contribution is -0.390. The molecule has 0 aliphatic heterocycles. The molecule has 0 saturated carbocycles. The highest BCUT2D eigenvalue weighted by atomic mass is 16.6. The minimum absolute atomic E-state index is 0.0186. The fourth-order valence-electron chi connectivity index (χ4n) is 1.24. The molecule has 0 aromatic carbocycles. The predicted molar refractivity (Wildman–Crippen MR) is 54.8 cm³/mol. The van der Waals surface area contributed by atoms with Crippen LogP contribution in [0.4, 0.5) is 5.82 Å². The second-order valence-electron chi connectivity index (χ2n) is 3.15. The van der Waals surface area contributed by atoms with Crippen LogP contribution in [0.5, 0.6) is 0 Å². The highest BCUT2D eigenvalue weighted by molar-refractivity contribution is 5.28. The molecular formula is C7H10N6O4. The number of nitro groups is 1. The van der Waals surface area contributed by atoms with Crippen LogP contribution in [-0.2, 0) is 0 Å². The number of hydrogen-bond donors (Lipinski definition) is 3. The van der Waals surface area contributed by atoms with Gasteiger partial charge < -0.3 is 20.3 Å². The number of aliphatic hydroxyl groups is 2. The van der Waals surface area contributed by atoms with Gasteiger partial charge in [-0.25, -0.2) is 9.97 Å². The summed E-state index contributed by atoms with van der Waals surface area (Å²) in [4.78, 5) is 18.1. The molecule has 1 heterocycles. The van der Waals surface area contributed by atoms with E-state index in [1.165, 1.54) is 0 Å². The number of aliphatic hydroxyl groups excluding tert-OH is 2. The Balaban J connectivity index is 2.74. The van der Waals surface area contributed by atoms with E-state index >= 15 is 0 Å². The van der Waals surface area contributed by atoms with Crippen molar-refractivity contribution in [3.05, 3.63) is 32.6 Å². The van der Waals surface area contributed by atoms with Crippen molar-refractivity contribution in [1.29, 1.82) is 0 Å². The van der Waals surface area contributed by atoms with Crippen LogP contribution in [0.2, 0.25) is 0 Å². The Morgan fingerprint density at radius 1 is 1.71 bits per heavy atom. The van der Waals surface area contributed by atoms with E-state index in [0.29, 0.717) is 0 Å². The van der Waals surface area contributed by atoms with E-state index in [-0.39, 0.29) is 18.7 Å². The normalized spacial score (nSPS) is 13.8. The Kier molecular flexibility index (Phi) is 4.40. The molecule has 10 heteroatoms. The lowest BCUT2D eigenvalue weighted by atomic mass is 10.1. The van der Waals surface area contributed by atoms with Gasteiger partial charge in [-0.15, -0.1) is 0 Å². The van der Waals surface area contributed by atoms with Gasteiger partial charge in [-0.05, 0) is 16.9 Å². The summed E-state index contributed by atoms with van der Waals surface area (Å²) >= 11 is 0. The maximum atomic E-state index is 10.5. The van der Waals surface area contributed by atoms with Crippen molar-refractivity contribution < 1.29 is 15.1 Å². The summed E-state index contributed by atoms with van der Waals surface area (Å²) < 4.78 is 0. The first-order valence-corrected chi connectivity index (χ1v) is 4.62. The standard InChI is InChI=1S/C7H10N6O4/c8-12-11-2-1-4(14)6(15)5-7(13(16)17)10-3-9-5/h3-4,6,14-15H,1-2H2,(H,9,10). The van der Waals surface area contributed by atoms with E-state index in [1.807, 2.05) is 0 Å². The van der Waals surface area contributed by atoms with Gasteiger partial charge in [0.2, 0.25) is 0 Å². The van der Waals surface area contributed by atoms with E-state index in [0.717, 1.165) is 6.33 Å². The van der Waals surface area contributed by atoms with Gasteiger partial charge in [0.15, 0.2) is 12.0 Å². The lowest BCUT2D eigenvalue weighted by Crippen LogP contribution is -2.20. The van der Waals surface area contributed by atoms with Crippen LogP contribution in [0, 0.1) is 10.1 Å². The second kappa shape index (κ2) is 5.80. The molecule has 0 saturated heterocycles. The van der Waals surface area contributed by atoms with Crippen molar-refractivity contribution in [3.63, 3.8) is 0 Å². The number of rotatable bonds is 6. The third-order valence-corrected chi connectivity index (χ3v) is 2.06. The maximum absolute atomic E-state index is 10.5. The number of aromatic nitrogens is 2. The third kappa shape index (κ3) is 3.14. The van der Waals surface area contributed by atoms with Crippen molar-refractivity contribution in [2.24, 2.45) is 5.11 Å². The molecule has 0 aliphatic rings. The van der Waals surface area contributed by atoms with Gasteiger partial charge in [0.05, 0.1) is 6.10 Å². The molecule has 17 heavy (non-hydrogen) atoms. The highest BCUT2D eigenvalue weighted by Gasteiger charge is 2.28. The van der Waals surface area contributed by atoms with Crippen molar-refractivity contribution in [2.75, 3.05) is 6.54 Å². The molecular weight excluding hydrogens is 232 g/mol. The molecule has 1 rings (SSSR count). The van der Waals surface area contributed by atoms with Gasteiger partial charge in [0, 0.05) is 11.5 Å². The van der Waals surface area contributed by atoms with Gasteiger partial charge in [0.25, 0.3) is 0 Å².